The van der Waals surface area contributed by atoms with E-state index in [0.29, 0.717) is 34.9 Å². The summed E-state index contributed by atoms with van der Waals surface area (Å²) in [5.41, 5.74) is 0.775. The van der Waals surface area contributed by atoms with Gasteiger partial charge in [-0.2, -0.15) is 0 Å². The van der Waals surface area contributed by atoms with Crippen molar-refractivity contribution in [2.75, 3.05) is 11.1 Å². The van der Waals surface area contributed by atoms with Gasteiger partial charge in [0.2, 0.25) is 5.91 Å². The van der Waals surface area contributed by atoms with E-state index in [1.807, 2.05) is 41.8 Å². The monoisotopic (exact) mass is 402 g/mol. The molecule has 140 valence electrons. The van der Waals surface area contributed by atoms with Crippen LogP contribution in [0.3, 0.4) is 0 Å². The van der Waals surface area contributed by atoms with Gasteiger partial charge in [0.1, 0.15) is 12.4 Å². The molecule has 0 spiro atoms. The van der Waals surface area contributed by atoms with Crippen molar-refractivity contribution in [1.82, 2.24) is 14.8 Å². The first-order valence-corrected chi connectivity index (χ1v) is 9.80. The van der Waals surface area contributed by atoms with E-state index in [9.17, 15) is 4.79 Å². The van der Waals surface area contributed by atoms with E-state index in [4.69, 9.17) is 16.3 Å². The molecule has 3 rings (SSSR count). The summed E-state index contributed by atoms with van der Waals surface area (Å²) < 4.78 is 7.68. The van der Waals surface area contributed by atoms with Gasteiger partial charge in [-0.15, -0.1) is 10.2 Å². The third kappa shape index (κ3) is 5.48. The first-order chi connectivity index (χ1) is 13.2. The first-order valence-electron chi connectivity index (χ1n) is 8.44. The summed E-state index contributed by atoms with van der Waals surface area (Å²) in [5.74, 6) is 1.58. The summed E-state index contributed by atoms with van der Waals surface area (Å²) in [6.07, 6.45) is 0. The van der Waals surface area contributed by atoms with Crippen LogP contribution in [0.1, 0.15) is 12.7 Å². The van der Waals surface area contributed by atoms with Crippen molar-refractivity contribution in [2.45, 2.75) is 25.2 Å². The number of ether oxygens (including phenoxy) is 1. The second-order valence-electron chi connectivity index (χ2n) is 5.59. The lowest BCUT2D eigenvalue weighted by Crippen LogP contribution is -2.14. The van der Waals surface area contributed by atoms with Crippen molar-refractivity contribution < 1.29 is 9.53 Å². The molecule has 1 aromatic heterocycles. The highest BCUT2D eigenvalue weighted by Crippen LogP contribution is 2.20. The molecule has 0 aliphatic heterocycles. The Hall–Kier alpha value is -2.51. The number of para-hydroxylation sites is 1. The normalized spacial score (nSPS) is 10.6. The fourth-order valence-corrected chi connectivity index (χ4v) is 3.32. The van der Waals surface area contributed by atoms with Crippen molar-refractivity contribution in [2.24, 2.45) is 0 Å². The molecule has 0 radical (unpaired) electrons. The lowest BCUT2D eigenvalue weighted by atomic mass is 10.3. The van der Waals surface area contributed by atoms with E-state index in [1.165, 1.54) is 11.8 Å². The summed E-state index contributed by atoms with van der Waals surface area (Å²) in [7, 11) is 0. The molecular formula is C19H19ClN4O2S. The molecule has 0 aliphatic carbocycles. The lowest BCUT2D eigenvalue weighted by molar-refractivity contribution is -0.113. The molecule has 2 aromatic carbocycles. The van der Waals surface area contributed by atoms with Gasteiger partial charge in [0.05, 0.1) is 5.75 Å². The van der Waals surface area contributed by atoms with Gasteiger partial charge < -0.3 is 14.6 Å². The predicted octanol–water partition coefficient (Wildman–Crippen LogP) is 4.26. The number of hydrogen-bond donors (Lipinski definition) is 1. The summed E-state index contributed by atoms with van der Waals surface area (Å²) in [5, 5.41) is 12.6. The maximum absolute atomic E-state index is 12.1. The lowest BCUT2D eigenvalue weighted by Gasteiger charge is -2.09. The van der Waals surface area contributed by atoms with Crippen LogP contribution in [0.4, 0.5) is 5.69 Å². The zero-order valence-corrected chi connectivity index (χ0v) is 16.3. The Kier molecular flexibility index (Phi) is 6.73. The Bertz CT molecular complexity index is 884. The Morgan fingerprint density at radius 3 is 2.59 bits per heavy atom. The SMILES string of the molecule is CCn1c(COc2ccc(Cl)cc2)nnc1SCC(=O)Nc1ccccc1. The average molecular weight is 403 g/mol. The summed E-state index contributed by atoms with van der Waals surface area (Å²) >= 11 is 7.22. The molecular weight excluding hydrogens is 384 g/mol. The third-order valence-electron chi connectivity index (χ3n) is 3.68. The fourth-order valence-electron chi connectivity index (χ4n) is 2.38. The van der Waals surface area contributed by atoms with Crippen molar-refractivity contribution >= 4 is 35.0 Å². The molecule has 1 heterocycles. The summed E-state index contributed by atoms with van der Waals surface area (Å²) in [4.78, 5) is 12.1. The topological polar surface area (TPSA) is 69.0 Å². The van der Waals surface area contributed by atoms with Crippen LogP contribution in [-0.2, 0) is 17.9 Å². The number of hydrogen-bond acceptors (Lipinski definition) is 5. The molecule has 8 heteroatoms. The Labute approximate surface area is 166 Å². The van der Waals surface area contributed by atoms with Crippen molar-refractivity contribution in [3.05, 3.63) is 65.4 Å². The Balaban J connectivity index is 1.56. The molecule has 1 N–H and O–H groups in total. The molecule has 6 nitrogen and oxygen atoms in total. The zero-order chi connectivity index (χ0) is 19.1. The van der Waals surface area contributed by atoms with E-state index in [2.05, 4.69) is 15.5 Å². The van der Waals surface area contributed by atoms with E-state index >= 15 is 0 Å². The van der Waals surface area contributed by atoms with Crippen LogP contribution in [-0.4, -0.2) is 26.4 Å². The van der Waals surface area contributed by atoms with Crippen molar-refractivity contribution in [1.29, 1.82) is 0 Å². The van der Waals surface area contributed by atoms with Crippen molar-refractivity contribution in [3.63, 3.8) is 0 Å². The number of rotatable bonds is 8. The van der Waals surface area contributed by atoms with E-state index < -0.39 is 0 Å². The highest BCUT2D eigenvalue weighted by atomic mass is 35.5. The van der Waals surface area contributed by atoms with Crippen LogP contribution in [0, 0.1) is 0 Å². The van der Waals surface area contributed by atoms with E-state index in [1.54, 1.807) is 24.3 Å². The quantitative estimate of drug-likeness (QED) is 0.570. The van der Waals surface area contributed by atoms with Gasteiger partial charge in [-0.05, 0) is 43.3 Å². The largest absolute Gasteiger partial charge is 0.486 e. The van der Waals surface area contributed by atoms with Gasteiger partial charge in [0, 0.05) is 17.3 Å². The molecule has 0 unspecified atom stereocenters. The van der Waals surface area contributed by atoms with Gasteiger partial charge in [0.25, 0.3) is 0 Å². The molecule has 0 bridgehead atoms. The number of benzene rings is 2. The van der Waals surface area contributed by atoms with E-state index in [-0.39, 0.29) is 11.7 Å². The summed E-state index contributed by atoms with van der Waals surface area (Å²) in [6, 6.07) is 16.5. The minimum absolute atomic E-state index is 0.0872. The Morgan fingerprint density at radius 2 is 1.89 bits per heavy atom. The van der Waals surface area contributed by atoms with E-state index in [0.717, 1.165) is 5.69 Å². The fraction of sp³-hybridized carbons (Fsp3) is 0.211. The molecule has 0 atom stereocenters. The van der Waals surface area contributed by atoms with Crippen molar-refractivity contribution in [3.8, 4) is 5.75 Å². The summed E-state index contributed by atoms with van der Waals surface area (Å²) in [6.45, 7) is 2.98. The number of amides is 1. The van der Waals surface area contributed by atoms with Crippen LogP contribution >= 0.6 is 23.4 Å². The van der Waals surface area contributed by atoms with Crippen LogP contribution in [0.2, 0.25) is 5.02 Å². The molecule has 3 aromatic rings. The van der Waals surface area contributed by atoms with Crippen LogP contribution in [0.25, 0.3) is 0 Å². The highest BCUT2D eigenvalue weighted by Gasteiger charge is 2.14. The molecule has 0 saturated heterocycles. The number of halogens is 1. The second kappa shape index (κ2) is 9.43. The standard InChI is InChI=1S/C19H19ClN4O2S/c1-2-24-17(12-26-16-10-8-14(20)9-11-16)22-23-19(24)27-13-18(25)21-15-6-4-3-5-7-15/h3-11H,2,12-13H2,1H3,(H,21,25). The molecule has 0 aliphatic rings. The van der Waals surface area contributed by atoms with Gasteiger partial charge in [-0.1, -0.05) is 41.6 Å². The highest BCUT2D eigenvalue weighted by molar-refractivity contribution is 7.99. The number of carbonyl (C=O) groups excluding carboxylic acids is 1. The van der Waals surface area contributed by atoms with Crippen LogP contribution in [0.15, 0.2) is 59.8 Å². The second-order valence-corrected chi connectivity index (χ2v) is 6.97. The van der Waals surface area contributed by atoms with Gasteiger partial charge in [0.15, 0.2) is 11.0 Å². The molecule has 0 fully saturated rings. The van der Waals surface area contributed by atoms with Crippen LogP contribution in [0.5, 0.6) is 5.75 Å². The number of carbonyl (C=O) groups is 1. The van der Waals surface area contributed by atoms with Gasteiger partial charge in [-0.3, -0.25) is 4.79 Å². The number of thioether (sulfide) groups is 1. The maximum Gasteiger partial charge on any atom is 0.234 e. The molecule has 0 saturated carbocycles. The first kappa shape index (κ1) is 19.3. The smallest absolute Gasteiger partial charge is 0.234 e. The minimum atomic E-state index is -0.0872. The maximum atomic E-state index is 12.1. The number of nitrogens with one attached hydrogen (secondary N) is 1. The number of aromatic nitrogens is 3. The number of nitrogens with zero attached hydrogens (tertiary/aromatic N) is 3. The molecule has 1 amide bonds. The van der Waals surface area contributed by atoms with Crippen LogP contribution < -0.4 is 10.1 Å². The average Bonchev–Trinajstić information content (AvgIpc) is 3.08. The third-order valence-corrected chi connectivity index (χ3v) is 4.90. The van der Waals surface area contributed by atoms with Gasteiger partial charge in [-0.25, -0.2) is 0 Å². The Morgan fingerprint density at radius 1 is 1.15 bits per heavy atom. The molecule has 27 heavy (non-hydrogen) atoms. The number of anilines is 1. The zero-order valence-electron chi connectivity index (χ0n) is 14.8. The predicted molar refractivity (Wildman–Crippen MR) is 107 cm³/mol. The van der Waals surface area contributed by atoms with Gasteiger partial charge >= 0.3 is 0 Å². The minimum Gasteiger partial charge on any atom is -0.486 e.